The highest BCUT2D eigenvalue weighted by molar-refractivity contribution is 5.90. The van der Waals surface area contributed by atoms with E-state index in [0.29, 0.717) is 5.92 Å². The van der Waals surface area contributed by atoms with Crippen LogP contribution in [-0.4, -0.2) is 17.0 Å². The molecular formula is C56H56N4. The minimum absolute atomic E-state index is 0.0514. The van der Waals surface area contributed by atoms with Crippen molar-refractivity contribution in [2.75, 3.05) is 0 Å². The second-order valence-electron chi connectivity index (χ2n) is 17.2. The first-order chi connectivity index (χ1) is 29.7. The summed E-state index contributed by atoms with van der Waals surface area (Å²) < 4.78 is 0. The van der Waals surface area contributed by atoms with E-state index in [-0.39, 0.29) is 24.2 Å². The van der Waals surface area contributed by atoms with Gasteiger partial charge in [-0.1, -0.05) is 158 Å². The lowest BCUT2D eigenvalue weighted by molar-refractivity contribution is 0.321. The van der Waals surface area contributed by atoms with Gasteiger partial charge in [-0.3, -0.25) is 5.32 Å². The minimum Gasteiger partial charge on any atom is -0.357 e. The number of nitrogens with zero attached hydrogens (tertiary/aromatic N) is 2. The van der Waals surface area contributed by atoms with Gasteiger partial charge < -0.3 is 5.32 Å². The molecule has 0 spiro atoms. The average Bonchev–Trinajstić information content (AvgIpc) is 3.35. The third-order valence-electron chi connectivity index (χ3n) is 13.2. The van der Waals surface area contributed by atoms with Gasteiger partial charge in [-0.2, -0.15) is 0 Å². The van der Waals surface area contributed by atoms with Crippen molar-refractivity contribution in [3.05, 3.63) is 203 Å². The second-order valence-corrected chi connectivity index (χ2v) is 17.2. The quantitative estimate of drug-likeness (QED) is 0.227. The Morgan fingerprint density at radius 1 is 0.567 bits per heavy atom. The van der Waals surface area contributed by atoms with Crippen LogP contribution in [0.1, 0.15) is 110 Å². The van der Waals surface area contributed by atoms with E-state index in [0.717, 1.165) is 69.3 Å². The Bertz CT molecular complexity index is 2470. The molecule has 1 aromatic heterocycles. The third kappa shape index (κ3) is 8.44. The Morgan fingerprint density at radius 3 is 2.10 bits per heavy atom. The van der Waals surface area contributed by atoms with Crippen LogP contribution in [0.3, 0.4) is 0 Å². The number of amidine groups is 1. The Balaban J connectivity index is 0.884. The SMILES string of the molecule is C1=CC(c2ccc(C3N=C(C4C=CC(c5ccccc5)=CC4)NC(C4C=CC(C5C=C(c6ccc(C7=CCCC=C7)nc6C6=CCCCC6)C=CC5)=CC4)N3)cc2)=CCC1. The monoisotopic (exact) mass is 784 g/mol. The van der Waals surface area contributed by atoms with E-state index in [4.69, 9.17) is 9.98 Å². The molecule has 0 fully saturated rings. The van der Waals surface area contributed by atoms with Gasteiger partial charge in [0.05, 0.1) is 17.6 Å². The molecule has 0 bridgehead atoms. The number of allylic oxidation sites excluding steroid dienone is 20. The second kappa shape index (κ2) is 17.8. The lowest BCUT2D eigenvalue weighted by Crippen LogP contribution is -2.56. The molecule has 60 heavy (non-hydrogen) atoms. The molecule has 2 N–H and O–H groups in total. The zero-order chi connectivity index (χ0) is 40.1. The molecule has 4 nitrogen and oxygen atoms in total. The standard InChI is InChI=1S/C56H56N4/c1-5-14-39(15-6-1)41-24-30-46(31-25-41)54-58-55(47-32-26-42(27-33-47)40-16-7-2-8-17-40)60-56(59-54)48-34-28-43(29-35-48)49-22-13-23-50(38-49)51-36-37-52(44-18-9-3-10-19-44)57-53(51)45-20-11-4-12-21-45/h1,5-7,9,13-20,23-30,32-34,36-38,46,48-49,55-56,60H,2-4,8,10-12,21-22,31,35H2,(H,58,59). The molecule has 0 saturated heterocycles. The molecule has 2 aromatic carbocycles. The number of aromatic nitrogens is 1. The normalized spacial score (nSPS) is 26.2. The maximum absolute atomic E-state index is 5.38. The first kappa shape index (κ1) is 38.4. The van der Waals surface area contributed by atoms with E-state index in [1.54, 1.807) is 0 Å². The van der Waals surface area contributed by atoms with Gasteiger partial charge in [-0.15, -0.1) is 0 Å². The lowest BCUT2D eigenvalue weighted by Gasteiger charge is -2.38. The van der Waals surface area contributed by atoms with Gasteiger partial charge in [0.25, 0.3) is 0 Å². The fourth-order valence-corrected chi connectivity index (χ4v) is 9.77. The first-order valence-electron chi connectivity index (χ1n) is 22.6. The van der Waals surface area contributed by atoms with Gasteiger partial charge in [0, 0.05) is 23.3 Å². The number of hydrogen-bond acceptors (Lipinski definition) is 4. The lowest BCUT2D eigenvalue weighted by atomic mass is 9.81. The van der Waals surface area contributed by atoms with Crippen LogP contribution in [0, 0.1) is 17.8 Å². The minimum atomic E-state index is -0.129. The van der Waals surface area contributed by atoms with E-state index in [1.165, 1.54) is 74.2 Å². The number of pyridine rings is 1. The van der Waals surface area contributed by atoms with E-state index < -0.39 is 0 Å². The van der Waals surface area contributed by atoms with E-state index in [1.807, 2.05) is 0 Å². The maximum Gasteiger partial charge on any atom is 0.129 e. The zero-order valence-corrected chi connectivity index (χ0v) is 34.6. The van der Waals surface area contributed by atoms with Crippen LogP contribution >= 0.6 is 0 Å². The molecule has 10 rings (SSSR count). The van der Waals surface area contributed by atoms with Crippen LogP contribution < -0.4 is 10.6 Å². The molecule has 3 aromatic rings. The molecule has 5 unspecified atom stereocenters. The Labute approximate surface area is 356 Å². The molecule has 300 valence electrons. The van der Waals surface area contributed by atoms with Gasteiger partial charge in [-0.25, -0.2) is 9.98 Å². The van der Waals surface area contributed by atoms with Crippen molar-refractivity contribution in [1.29, 1.82) is 0 Å². The molecule has 7 aliphatic rings. The summed E-state index contributed by atoms with van der Waals surface area (Å²) in [6.45, 7) is 0. The van der Waals surface area contributed by atoms with E-state index in [2.05, 4.69) is 175 Å². The molecule has 5 atom stereocenters. The Kier molecular flexibility index (Phi) is 11.4. The summed E-state index contributed by atoms with van der Waals surface area (Å²) in [5, 5.41) is 7.85. The zero-order valence-electron chi connectivity index (χ0n) is 34.6. The van der Waals surface area contributed by atoms with Crippen LogP contribution in [-0.2, 0) is 0 Å². The molecule has 0 amide bonds. The summed E-state index contributed by atoms with van der Waals surface area (Å²) in [5.41, 5.74) is 15.2. The average molecular weight is 785 g/mol. The van der Waals surface area contributed by atoms with Crippen molar-refractivity contribution in [3.8, 4) is 0 Å². The highest BCUT2D eigenvalue weighted by atomic mass is 15.3. The van der Waals surface area contributed by atoms with Crippen molar-refractivity contribution in [3.63, 3.8) is 0 Å². The Morgan fingerprint density at radius 2 is 1.37 bits per heavy atom. The number of nitrogens with one attached hydrogen (secondary N) is 2. The fraction of sp³-hybridized carbons (Fsp3) is 0.286. The van der Waals surface area contributed by atoms with E-state index >= 15 is 0 Å². The van der Waals surface area contributed by atoms with Gasteiger partial charge in [0.2, 0.25) is 0 Å². The van der Waals surface area contributed by atoms with Crippen molar-refractivity contribution in [2.45, 2.75) is 83.0 Å². The largest absolute Gasteiger partial charge is 0.357 e. The number of benzene rings is 2. The molecular weight excluding hydrogens is 729 g/mol. The van der Waals surface area contributed by atoms with Crippen molar-refractivity contribution >= 4 is 33.7 Å². The van der Waals surface area contributed by atoms with Crippen molar-refractivity contribution in [1.82, 2.24) is 15.6 Å². The van der Waals surface area contributed by atoms with Gasteiger partial charge >= 0.3 is 0 Å². The van der Waals surface area contributed by atoms with E-state index in [9.17, 15) is 0 Å². The molecule has 0 saturated carbocycles. The topological polar surface area (TPSA) is 49.3 Å². The van der Waals surface area contributed by atoms with Gasteiger partial charge in [0.15, 0.2) is 0 Å². The van der Waals surface area contributed by atoms with Crippen LogP contribution in [0.5, 0.6) is 0 Å². The van der Waals surface area contributed by atoms with Crippen LogP contribution in [0.2, 0.25) is 0 Å². The fourth-order valence-electron chi connectivity index (χ4n) is 9.77. The number of rotatable bonds is 9. The molecule has 4 heteroatoms. The summed E-state index contributed by atoms with van der Waals surface area (Å²) >= 11 is 0. The predicted octanol–water partition coefficient (Wildman–Crippen LogP) is 13.2. The van der Waals surface area contributed by atoms with Crippen molar-refractivity contribution < 1.29 is 0 Å². The molecule has 0 radical (unpaired) electrons. The number of hydrogen-bond donors (Lipinski definition) is 2. The van der Waals surface area contributed by atoms with Gasteiger partial charge in [-0.05, 0) is 127 Å². The van der Waals surface area contributed by atoms with Crippen molar-refractivity contribution in [2.24, 2.45) is 22.7 Å². The summed E-state index contributed by atoms with van der Waals surface area (Å²) in [6.07, 6.45) is 49.8. The van der Waals surface area contributed by atoms with Crippen LogP contribution in [0.4, 0.5) is 0 Å². The number of aliphatic imine (C=N–C) groups is 1. The molecule has 6 aliphatic carbocycles. The highest BCUT2D eigenvalue weighted by Crippen LogP contribution is 2.38. The maximum atomic E-state index is 5.38. The summed E-state index contributed by atoms with van der Waals surface area (Å²) in [5.74, 6) is 1.89. The predicted molar refractivity (Wildman–Crippen MR) is 252 cm³/mol. The summed E-state index contributed by atoms with van der Waals surface area (Å²) in [6, 6.07) is 24.3. The molecule has 2 heterocycles. The molecule has 1 aliphatic heterocycles. The van der Waals surface area contributed by atoms with Crippen LogP contribution in [0.25, 0.3) is 27.9 Å². The highest BCUT2D eigenvalue weighted by Gasteiger charge is 2.32. The summed E-state index contributed by atoms with van der Waals surface area (Å²) in [4.78, 5) is 10.8. The van der Waals surface area contributed by atoms with Crippen LogP contribution in [0.15, 0.2) is 175 Å². The smallest absolute Gasteiger partial charge is 0.129 e. The third-order valence-corrected chi connectivity index (χ3v) is 13.2. The van der Waals surface area contributed by atoms with Gasteiger partial charge in [0.1, 0.15) is 12.0 Å². The Hall–Kier alpha value is -5.84. The summed E-state index contributed by atoms with van der Waals surface area (Å²) in [7, 11) is 0. The first-order valence-corrected chi connectivity index (χ1v) is 22.6.